The Balaban J connectivity index is 2.67. The molecule has 0 saturated heterocycles. The van der Waals surface area contributed by atoms with Gasteiger partial charge >= 0.3 is 5.69 Å². The van der Waals surface area contributed by atoms with E-state index in [4.69, 9.17) is 16.3 Å². The molecule has 0 unspecified atom stereocenters. The highest BCUT2D eigenvalue weighted by molar-refractivity contribution is 6.28. The standard InChI is InChI=1S/C11H15ClN4O3/c1-7(2)6-19-5-4-13-10-9(16(17)18)8(3)14-11(12)15-10/h1,4-6H2,2-3H3,(H,13,14,15). The number of ether oxygens (including phenoxy) is 1. The van der Waals surface area contributed by atoms with Gasteiger partial charge in [0.1, 0.15) is 5.69 Å². The lowest BCUT2D eigenvalue weighted by atomic mass is 10.3. The molecule has 8 heteroatoms. The Hall–Kier alpha value is -1.73. The van der Waals surface area contributed by atoms with Gasteiger partial charge in [-0.25, -0.2) is 4.98 Å². The SMILES string of the molecule is C=C(C)COCCNc1nc(Cl)nc(C)c1[N+](=O)[O-]. The first-order valence-electron chi connectivity index (χ1n) is 5.56. The van der Waals surface area contributed by atoms with Crippen LogP contribution in [0, 0.1) is 17.0 Å². The van der Waals surface area contributed by atoms with E-state index in [-0.39, 0.29) is 22.5 Å². The van der Waals surface area contributed by atoms with E-state index in [1.807, 2.05) is 6.92 Å². The van der Waals surface area contributed by atoms with Crippen molar-refractivity contribution in [2.45, 2.75) is 13.8 Å². The minimum absolute atomic E-state index is 0.0338. The fraction of sp³-hybridized carbons (Fsp3) is 0.455. The van der Waals surface area contributed by atoms with Crippen LogP contribution in [0.25, 0.3) is 0 Å². The highest BCUT2D eigenvalue weighted by Gasteiger charge is 2.21. The van der Waals surface area contributed by atoms with Crippen LogP contribution in [0.15, 0.2) is 12.2 Å². The summed E-state index contributed by atoms with van der Waals surface area (Å²) < 4.78 is 5.27. The molecule has 1 N–H and O–H groups in total. The average Bonchev–Trinajstić information content (AvgIpc) is 2.26. The predicted octanol–water partition coefficient (Wildman–Crippen LogP) is 2.35. The zero-order valence-corrected chi connectivity index (χ0v) is 11.5. The van der Waals surface area contributed by atoms with E-state index in [0.717, 1.165) is 5.57 Å². The third-order valence-corrected chi connectivity index (χ3v) is 2.27. The molecule has 0 amide bonds. The molecule has 0 spiro atoms. The van der Waals surface area contributed by atoms with Gasteiger partial charge in [0.2, 0.25) is 11.1 Å². The zero-order valence-electron chi connectivity index (χ0n) is 10.8. The molecular formula is C11H15ClN4O3. The monoisotopic (exact) mass is 286 g/mol. The number of hydrogen-bond acceptors (Lipinski definition) is 6. The van der Waals surface area contributed by atoms with Gasteiger partial charge in [0.15, 0.2) is 0 Å². The maximum Gasteiger partial charge on any atom is 0.332 e. The van der Waals surface area contributed by atoms with Gasteiger partial charge in [-0.15, -0.1) is 0 Å². The number of aromatic nitrogens is 2. The molecule has 1 aromatic heterocycles. The molecule has 104 valence electrons. The highest BCUT2D eigenvalue weighted by Crippen LogP contribution is 2.26. The lowest BCUT2D eigenvalue weighted by Gasteiger charge is -2.08. The molecule has 0 aliphatic heterocycles. The van der Waals surface area contributed by atoms with Crippen molar-refractivity contribution in [3.05, 3.63) is 33.2 Å². The summed E-state index contributed by atoms with van der Waals surface area (Å²) in [6, 6.07) is 0. The molecule has 0 radical (unpaired) electrons. The summed E-state index contributed by atoms with van der Waals surface area (Å²) >= 11 is 5.68. The van der Waals surface area contributed by atoms with E-state index in [9.17, 15) is 10.1 Å². The number of nitro groups is 1. The van der Waals surface area contributed by atoms with Crippen LogP contribution in [-0.4, -0.2) is 34.6 Å². The molecule has 0 bridgehead atoms. The number of nitrogens with one attached hydrogen (secondary N) is 1. The van der Waals surface area contributed by atoms with E-state index in [2.05, 4.69) is 21.9 Å². The van der Waals surface area contributed by atoms with E-state index in [0.29, 0.717) is 19.8 Å². The number of aryl methyl sites for hydroxylation is 1. The normalized spacial score (nSPS) is 10.3. The Morgan fingerprint density at radius 3 is 2.84 bits per heavy atom. The number of nitrogens with zero attached hydrogens (tertiary/aromatic N) is 3. The van der Waals surface area contributed by atoms with Crippen molar-refractivity contribution >= 4 is 23.1 Å². The molecular weight excluding hydrogens is 272 g/mol. The van der Waals surface area contributed by atoms with E-state index in [1.54, 1.807) is 0 Å². The molecule has 1 rings (SSSR count). The Morgan fingerprint density at radius 1 is 1.58 bits per heavy atom. The second-order valence-corrected chi connectivity index (χ2v) is 4.31. The van der Waals surface area contributed by atoms with Crippen LogP contribution >= 0.6 is 11.6 Å². The minimum Gasteiger partial charge on any atom is -0.375 e. The van der Waals surface area contributed by atoms with Crippen molar-refractivity contribution in [1.29, 1.82) is 0 Å². The first-order valence-corrected chi connectivity index (χ1v) is 5.94. The third kappa shape index (κ3) is 4.80. The van der Waals surface area contributed by atoms with Crippen molar-refractivity contribution in [3.63, 3.8) is 0 Å². The van der Waals surface area contributed by atoms with Crippen molar-refractivity contribution in [3.8, 4) is 0 Å². The summed E-state index contributed by atoms with van der Waals surface area (Å²) in [5, 5.41) is 13.7. The molecule has 0 aromatic carbocycles. The van der Waals surface area contributed by atoms with E-state index >= 15 is 0 Å². The number of hydrogen-bond donors (Lipinski definition) is 1. The van der Waals surface area contributed by atoms with Crippen LogP contribution in [0.4, 0.5) is 11.5 Å². The zero-order chi connectivity index (χ0) is 14.4. The van der Waals surface area contributed by atoms with Crippen LogP contribution in [-0.2, 0) is 4.74 Å². The van der Waals surface area contributed by atoms with Gasteiger partial charge in [-0.2, -0.15) is 4.98 Å². The highest BCUT2D eigenvalue weighted by atomic mass is 35.5. The number of rotatable bonds is 7. The number of halogens is 1. The molecule has 1 aromatic rings. The minimum atomic E-state index is -0.539. The first kappa shape index (κ1) is 15.3. The van der Waals surface area contributed by atoms with Crippen LogP contribution in [0.2, 0.25) is 5.28 Å². The molecule has 7 nitrogen and oxygen atoms in total. The molecule has 0 saturated carbocycles. The summed E-state index contributed by atoms with van der Waals surface area (Å²) in [5.41, 5.74) is 0.951. The Labute approximate surface area is 115 Å². The quantitative estimate of drug-likeness (QED) is 0.272. The Morgan fingerprint density at radius 2 is 2.26 bits per heavy atom. The summed E-state index contributed by atoms with van der Waals surface area (Å²) in [4.78, 5) is 18.0. The van der Waals surface area contributed by atoms with Gasteiger partial charge in [-0.1, -0.05) is 12.2 Å². The fourth-order valence-electron chi connectivity index (χ4n) is 1.36. The second kappa shape index (κ2) is 7.01. The summed E-state index contributed by atoms with van der Waals surface area (Å²) in [7, 11) is 0. The molecule has 1 heterocycles. The largest absolute Gasteiger partial charge is 0.375 e. The summed E-state index contributed by atoms with van der Waals surface area (Å²) in [6.07, 6.45) is 0. The Kier molecular flexibility index (Phi) is 5.65. The molecule has 0 fully saturated rings. The second-order valence-electron chi connectivity index (χ2n) is 3.97. The molecule has 19 heavy (non-hydrogen) atoms. The topological polar surface area (TPSA) is 90.2 Å². The van der Waals surface area contributed by atoms with Gasteiger partial charge in [0.05, 0.1) is 18.1 Å². The van der Waals surface area contributed by atoms with E-state index in [1.165, 1.54) is 6.92 Å². The molecule has 0 aliphatic rings. The van der Waals surface area contributed by atoms with Gasteiger partial charge in [-0.3, -0.25) is 10.1 Å². The average molecular weight is 287 g/mol. The summed E-state index contributed by atoms with van der Waals surface area (Å²) in [6.45, 7) is 8.27. The van der Waals surface area contributed by atoms with Crippen LogP contribution < -0.4 is 5.32 Å². The summed E-state index contributed by atoms with van der Waals surface area (Å²) in [5.74, 6) is 0.0985. The van der Waals surface area contributed by atoms with Gasteiger partial charge in [0.25, 0.3) is 0 Å². The smallest absolute Gasteiger partial charge is 0.332 e. The van der Waals surface area contributed by atoms with Gasteiger partial charge in [-0.05, 0) is 25.4 Å². The predicted molar refractivity (Wildman–Crippen MR) is 72.6 cm³/mol. The Bertz CT molecular complexity index is 493. The molecule has 0 aliphatic carbocycles. The van der Waals surface area contributed by atoms with Crippen LogP contribution in [0.5, 0.6) is 0 Å². The van der Waals surface area contributed by atoms with E-state index < -0.39 is 4.92 Å². The third-order valence-electron chi connectivity index (χ3n) is 2.10. The van der Waals surface area contributed by atoms with Crippen LogP contribution in [0.3, 0.4) is 0 Å². The maximum atomic E-state index is 10.9. The maximum absolute atomic E-state index is 10.9. The van der Waals surface area contributed by atoms with Gasteiger partial charge < -0.3 is 10.1 Å². The lowest BCUT2D eigenvalue weighted by Crippen LogP contribution is -2.13. The van der Waals surface area contributed by atoms with Crippen molar-refractivity contribution < 1.29 is 9.66 Å². The van der Waals surface area contributed by atoms with Crippen LogP contribution in [0.1, 0.15) is 12.6 Å². The molecule has 0 atom stereocenters. The van der Waals surface area contributed by atoms with Gasteiger partial charge in [0, 0.05) is 6.54 Å². The lowest BCUT2D eigenvalue weighted by molar-refractivity contribution is -0.385. The van der Waals surface area contributed by atoms with Crippen molar-refractivity contribution in [2.24, 2.45) is 0 Å². The fourth-order valence-corrected chi connectivity index (χ4v) is 1.57. The number of anilines is 1. The van der Waals surface area contributed by atoms with Crippen molar-refractivity contribution in [1.82, 2.24) is 9.97 Å². The first-order chi connectivity index (χ1) is 8.91. The van der Waals surface area contributed by atoms with Crippen molar-refractivity contribution in [2.75, 3.05) is 25.1 Å².